The van der Waals surface area contributed by atoms with Crippen molar-refractivity contribution in [2.75, 3.05) is 13.2 Å². The Morgan fingerprint density at radius 2 is 2.21 bits per heavy atom. The predicted octanol–water partition coefficient (Wildman–Crippen LogP) is 2.91. The van der Waals surface area contributed by atoms with E-state index in [9.17, 15) is 0 Å². The second-order valence-corrected chi connectivity index (χ2v) is 4.05. The Labute approximate surface area is 92.7 Å². The van der Waals surface area contributed by atoms with Gasteiger partial charge in [-0.05, 0) is 17.7 Å². The second kappa shape index (κ2) is 4.49. The van der Waals surface area contributed by atoms with E-state index >= 15 is 0 Å². The summed E-state index contributed by atoms with van der Waals surface area (Å²) >= 11 is 11.7. The molecule has 0 spiro atoms. The third kappa shape index (κ3) is 2.85. The third-order valence-corrected chi connectivity index (χ3v) is 2.57. The summed E-state index contributed by atoms with van der Waals surface area (Å²) < 4.78 is 10.4. The molecule has 14 heavy (non-hydrogen) atoms. The molecule has 0 aromatic heterocycles. The number of hydrogen-bond donors (Lipinski definition) is 0. The van der Waals surface area contributed by atoms with Gasteiger partial charge >= 0.3 is 0 Å². The minimum atomic E-state index is 0.293. The maximum atomic E-state index is 5.96. The monoisotopic (exact) mass is 232 g/mol. The summed E-state index contributed by atoms with van der Waals surface area (Å²) in [6.45, 7) is 1.96. The van der Waals surface area contributed by atoms with Crippen molar-refractivity contribution in [2.24, 2.45) is 0 Å². The third-order valence-electron chi connectivity index (χ3n) is 1.98. The van der Waals surface area contributed by atoms with Crippen molar-refractivity contribution in [3.8, 4) is 0 Å². The lowest BCUT2D eigenvalue weighted by molar-refractivity contribution is 0.104. The normalized spacial score (nSPS) is 19.7. The minimum Gasteiger partial charge on any atom is -0.374 e. The van der Waals surface area contributed by atoms with Crippen molar-refractivity contribution in [3.63, 3.8) is 0 Å². The van der Waals surface area contributed by atoms with Gasteiger partial charge in [-0.25, -0.2) is 0 Å². The molecule has 1 heterocycles. The van der Waals surface area contributed by atoms with Gasteiger partial charge in [0.2, 0.25) is 0 Å². The quantitative estimate of drug-likeness (QED) is 0.746. The lowest BCUT2D eigenvalue weighted by Crippen LogP contribution is -2.01. The molecule has 2 rings (SSSR count). The molecule has 1 aliphatic heterocycles. The number of benzene rings is 1. The van der Waals surface area contributed by atoms with Gasteiger partial charge < -0.3 is 9.47 Å². The molecule has 0 bridgehead atoms. The van der Waals surface area contributed by atoms with Gasteiger partial charge in [0.25, 0.3) is 0 Å². The SMILES string of the molecule is Clc1ccc(COC[C@@H]2CO2)c(Cl)c1. The lowest BCUT2D eigenvalue weighted by atomic mass is 10.2. The summed E-state index contributed by atoms with van der Waals surface area (Å²) in [4.78, 5) is 0. The Morgan fingerprint density at radius 3 is 2.86 bits per heavy atom. The van der Waals surface area contributed by atoms with Crippen LogP contribution < -0.4 is 0 Å². The van der Waals surface area contributed by atoms with Crippen LogP contribution in [0.5, 0.6) is 0 Å². The smallest absolute Gasteiger partial charge is 0.104 e. The summed E-state index contributed by atoms with van der Waals surface area (Å²) in [6, 6.07) is 5.40. The van der Waals surface area contributed by atoms with Crippen molar-refractivity contribution in [1.29, 1.82) is 0 Å². The molecule has 76 valence electrons. The molecule has 0 radical (unpaired) electrons. The van der Waals surface area contributed by atoms with Gasteiger partial charge in [0.05, 0.1) is 19.8 Å². The van der Waals surface area contributed by atoms with E-state index < -0.39 is 0 Å². The highest BCUT2D eigenvalue weighted by molar-refractivity contribution is 6.35. The van der Waals surface area contributed by atoms with Crippen molar-refractivity contribution in [1.82, 2.24) is 0 Å². The van der Waals surface area contributed by atoms with Crippen molar-refractivity contribution < 1.29 is 9.47 Å². The maximum Gasteiger partial charge on any atom is 0.104 e. The summed E-state index contributed by atoms with van der Waals surface area (Å²) in [7, 11) is 0. The second-order valence-electron chi connectivity index (χ2n) is 3.21. The average Bonchev–Trinajstić information content (AvgIpc) is 2.92. The first kappa shape index (κ1) is 10.2. The first-order chi connectivity index (χ1) is 6.75. The molecule has 1 aliphatic rings. The van der Waals surface area contributed by atoms with Gasteiger partial charge in [0.15, 0.2) is 0 Å². The van der Waals surface area contributed by atoms with Gasteiger partial charge in [-0.1, -0.05) is 29.3 Å². The summed E-state index contributed by atoms with van der Waals surface area (Å²) in [5.74, 6) is 0. The summed E-state index contributed by atoms with van der Waals surface area (Å²) in [5.41, 5.74) is 0.955. The Bertz CT molecular complexity index is 324. The van der Waals surface area contributed by atoms with Crippen LogP contribution in [0.2, 0.25) is 10.0 Å². The van der Waals surface area contributed by atoms with Gasteiger partial charge in [-0.15, -0.1) is 0 Å². The van der Waals surface area contributed by atoms with Crippen molar-refractivity contribution in [3.05, 3.63) is 33.8 Å². The number of ether oxygens (including phenoxy) is 2. The van der Waals surface area contributed by atoms with E-state index in [-0.39, 0.29) is 0 Å². The van der Waals surface area contributed by atoms with Crippen LogP contribution in [0.1, 0.15) is 5.56 Å². The van der Waals surface area contributed by atoms with Gasteiger partial charge in [-0.2, -0.15) is 0 Å². The van der Waals surface area contributed by atoms with Crippen molar-refractivity contribution >= 4 is 23.2 Å². The molecule has 1 saturated heterocycles. The van der Waals surface area contributed by atoms with Crippen LogP contribution in [0.3, 0.4) is 0 Å². The lowest BCUT2D eigenvalue weighted by Gasteiger charge is -2.04. The number of epoxide rings is 1. The van der Waals surface area contributed by atoms with Crippen LogP contribution >= 0.6 is 23.2 Å². The molecular formula is C10H10Cl2O2. The molecule has 2 nitrogen and oxygen atoms in total. The molecule has 1 fully saturated rings. The Kier molecular flexibility index (Phi) is 3.29. The molecule has 0 saturated carbocycles. The number of rotatable bonds is 4. The summed E-state index contributed by atoms with van der Waals surface area (Å²) in [6.07, 6.45) is 0.293. The van der Waals surface area contributed by atoms with Crippen molar-refractivity contribution in [2.45, 2.75) is 12.7 Å². The molecule has 0 amide bonds. The van der Waals surface area contributed by atoms with Gasteiger partial charge in [-0.3, -0.25) is 0 Å². The minimum absolute atomic E-state index is 0.293. The molecular weight excluding hydrogens is 223 g/mol. The zero-order valence-corrected chi connectivity index (χ0v) is 9.02. The molecule has 4 heteroatoms. The van der Waals surface area contributed by atoms with Crippen LogP contribution in [0.15, 0.2) is 18.2 Å². The highest BCUT2D eigenvalue weighted by atomic mass is 35.5. The maximum absolute atomic E-state index is 5.96. The fourth-order valence-corrected chi connectivity index (χ4v) is 1.57. The zero-order valence-electron chi connectivity index (χ0n) is 7.50. The van der Waals surface area contributed by atoms with E-state index in [1.165, 1.54) is 0 Å². The predicted molar refractivity (Wildman–Crippen MR) is 55.9 cm³/mol. The Morgan fingerprint density at radius 1 is 1.43 bits per heavy atom. The van der Waals surface area contributed by atoms with E-state index in [2.05, 4.69) is 0 Å². The fourth-order valence-electron chi connectivity index (χ4n) is 1.10. The fraction of sp³-hybridized carbons (Fsp3) is 0.400. The molecule has 1 aromatic rings. The number of hydrogen-bond acceptors (Lipinski definition) is 2. The molecule has 0 aliphatic carbocycles. The van der Waals surface area contributed by atoms with E-state index in [0.717, 1.165) is 12.2 Å². The van der Waals surface area contributed by atoms with Crippen LogP contribution in [-0.4, -0.2) is 19.3 Å². The first-order valence-electron chi connectivity index (χ1n) is 4.39. The molecule has 0 unspecified atom stereocenters. The van der Waals surface area contributed by atoms with Crippen LogP contribution in [0.25, 0.3) is 0 Å². The number of halogens is 2. The van der Waals surface area contributed by atoms with E-state index in [4.69, 9.17) is 32.7 Å². The largest absolute Gasteiger partial charge is 0.374 e. The van der Waals surface area contributed by atoms with Crippen LogP contribution in [0.4, 0.5) is 0 Å². The summed E-state index contributed by atoms with van der Waals surface area (Å²) in [5, 5.41) is 1.29. The Balaban J connectivity index is 1.87. The highest BCUT2D eigenvalue weighted by Crippen LogP contribution is 2.22. The Hall–Kier alpha value is -0.280. The van der Waals surface area contributed by atoms with Gasteiger partial charge in [0.1, 0.15) is 6.10 Å². The standard InChI is InChI=1S/C10H10Cl2O2/c11-8-2-1-7(10(12)3-8)4-13-5-9-6-14-9/h1-3,9H,4-6H2/t9-/m1/s1. The van der Waals surface area contributed by atoms with E-state index in [1.807, 2.05) is 6.07 Å². The van der Waals surface area contributed by atoms with Crippen LogP contribution in [0, 0.1) is 0 Å². The molecule has 1 atom stereocenters. The average molecular weight is 233 g/mol. The molecule has 0 N–H and O–H groups in total. The van der Waals surface area contributed by atoms with E-state index in [0.29, 0.717) is 29.4 Å². The molecule has 1 aromatic carbocycles. The van der Waals surface area contributed by atoms with E-state index in [1.54, 1.807) is 12.1 Å². The van der Waals surface area contributed by atoms with Gasteiger partial charge in [0, 0.05) is 10.0 Å². The highest BCUT2D eigenvalue weighted by Gasteiger charge is 2.22. The zero-order chi connectivity index (χ0) is 9.97. The van der Waals surface area contributed by atoms with Crippen LogP contribution in [-0.2, 0) is 16.1 Å². The first-order valence-corrected chi connectivity index (χ1v) is 5.14. The topological polar surface area (TPSA) is 21.8 Å².